The van der Waals surface area contributed by atoms with Crippen LogP contribution in [0.25, 0.3) is 10.9 Å². The van der Waals surface area contributed by atoms with Gasteiger partial charge in [0.2, 0.25) is 11.8 Å². The Balaban J connectivity index is 1.49. The molecule has 1 aliphatic heterocycles. The van der Waals surface area contributed by atoms with E-state index in [9.17, 15) is 9.59 Å². The van der Waals surface area contributed by atoms with Crippen LogP contribution < -0.4 is 15.0 Å². The second-order valence-corrected chi connectivity index (χ2v) is 9.67. The molecule has 0 saturated carbocycles. The number of para-hydroxylation sites is 1. The van der Waals surface area contributed by atoms with Gasteiger partial charge in [0.15, 0.2) is 0 Å². The fourth-order valence-electron chi connectivity index (χ4n) is 4.48. The first kappa shape index (κ1) is 23.1. The number of benzene rings is 3. The van der Waals surface area contributed by atoms with Crippen LogP contribution >= 0.6 is 11.8 Å². The number of amides is 2. The molecule has 0 radical (unpaired) electrons. The molecule has 0 fully saturated rings. The van der Waals surface area contributed by atoms with Crippen molar-refractivity contribution in [1.29, 1.82) is 0 Å². The highest BCUT2D eigenvalue weighted by atomic mass is 32.2. The van der Waals surface area contributed by atoms with Crippen molar-refractivity contribution in [1.82, 2.24) is 10.3 Å². The zero-order valence-electron chi connectivity index (χ0n) is 19.7. The van der Waals surface area contributed by atoms with Gasteiger partial charge < -0.3 is 19.9 Å². The Morgan fingerprint density at radius 1 is 1.03 bits per heavy atom. The van der Waals surface area contributed by atoms with Crippen LogP contribution in [0.1, 0.15) is 16.7 Å². The molecule has 0 spiro atoms. The highest BCUT2D eigenvalue weighted by Gasteiger charge is 2.27. The molecule has 35 heavy (non-hydrogen) atoms. The lowest BCUT2D eigenvalue weighted by Crippen LogP contribution is -2.49. The van der Waals surface area contributed by atoms with Crippen LogP contribution in [0.5, 0.6) is 5.75 Å². The highest BCUT2D eigenvalue weighted by molar-refractivity contribution is 7.98. The number of ether oxygens (including phenoxy) is 1. The Morgan fingerprint density at radius 3 is 2.60 bits per heavy atom. The molecule has 1 atom stereocenters. The number of nitrogens with one attached hydrogen (secondary N) is 2. The van der Waals surface area contributed by atoms with Crippen molar-refractivity contribution >= 4 is 40.2 Å². The quantitative estimate of drug-likeness (QED) is 0.441. The van der Waals surface area contributed by atoms with Gasteiger partial charge in [-0.2, -0.15) is 0 Å². The molecule has 2 heterocycles. The van der Waals surface area contributed by atoms with Gasteiger partial charge in [0.05, 0.1) is 18.6 Å². The maximum absolute atomic E-state index is 13.6. The summed E-state index contributed by atoms with van der Waals surface area (Å²) in [5.74, 6) is 1.16. The van der Waals surface area contributed by atoms with Crippen molar-refractivity contribution in [3.8, 4) is 5.75 Å². The lowest BCUT2D eigenvalue weighted by molar-refractivity contribution is -0.127. The fraction of sp³-hybridized carbons (Fsp3) is 0.214. The van der Waals surface area contributed by atoms with E-state index in [1.54, 1.807) is 30.8 Å². The molecule has 2 bridgehead atoms. The second-order valence-electron chi connectivity index (χ2n) is 8.68. The van der Waals surface area contributed by atoms with Crippen LogP contribution in [0, 0.1) is 0 Å². The summed E-state index contributed by atoms with van der Waals surface area (Å²) in [6.45, 7) is 0. The molecule has 5 rings (SSSR count). The SMILES string of the molecule is COc1ccc(N(C)C(=O)C2Cc3cccc(c3)CSc3[nH]c4ccccc4c3CC(=O)N2)cc1. The molecule has 4 aromatic rings. The predicted molar refractivity (Wildman–Crippen MR) is 140 cm³/mol. The number of aromatic nitrogens is 1. The summed E-state index contributed by atoms with van der Waals surface area (Å²) in [5.41, 5.74) is 4.91. The standard InChI is InChI=1S/C28H27N3O3S/c1-31(20-10-12-21(34-2)13-11-20)28(33)25-15-18-6-5-7-19(14-18)17-35-27-23(16-26(32)29-25)22-8-3-4-9-24(22)30-27/h3-14,25,30H,15-17H2,1-2H3,(H,29,32). The minimum absolute atomic E-state index is 0.167. The Kier molecular flexibility index (Phi) is 6.51. The molecule has 2 amide bonds. The number of carbonyl (C=O) groups is 2. The number of hydrogen-bond donors (Lipinski definition) is 2. The van der Waals surface area contributed by atoms with Crippen LogP contribution in [0.2, 0.25) is 0 Å². The molecule has 2 N–H and O–H groups in total. The number of rotatable bonds is 3. The normalized spacial score (nSPS) is 15.9. The highest BCUT2D eigenvalue weighted by Crippen LogP contribution is 2.33. The summed E-state index contributed by atoms with van der Waals surface area (Å²) in [7, 11) is 3.34. The number of fused-ring (bicyclic) bond motifs is 5. The maximum atomic E-state index is 13.6. The smallest absolute Gasteiger partial charge is 0.249 e. The molecule has 7 heteroatoms. The number of anilines is 1. The van der Waals surface area contributed by atoms with Gasteiger partial charge in [-0.15, -0.1) is 11.8 Å². The van der Waals surface area contributed by atoms with Gasteiger partial charge in [0.1, 0.15) is 11.8 Å². The van der Waals surface area contributed by atoms with E-state index in [0.29, 0.717) is 6.42 Å². The van der Waals surface area contributed by atoms with Crippen LogP contribution in [0.4, 0.5) is 5.69 Å². The number of thioether (sulfide) groups is 1. The van der Waals surface area contributed by atoms with Gasteiger partial charge in [0, 0.05) is 41.4 Å². The maximum Gasteiger partial charge on any atom is 0.249 e. The number of hydrogen-bond acceptors (Lipinski definition) is 4. The Labute approximate surface area is 208 Å². The van der Waals surface area contributed by atoms with Gasteiger partial charge >= 0.3 is 0 Å². The zero-order valence-corrected chi connectivity index (χ0v) is 20.5. The Hall–Kier alpha value is -3.71. The Bertz CT molecular complexity index is 1380. The van der Waals surface area contributed by atoms with Crippen molar-refractivity contribution in [3.63, 3.8) is 0 Å². The lowest BCUT2D eigenvalue weighted by Gasteiger charge is -2.25. The number of carbonyl (C=O) groups excluding carboxylic acids is 2. The van der Waals surface area contributed by atoms with E-state index in [-0.39, 0.29) is 18.2 Å². The van der Waals surface area contributed by atoms with E-state index in [1.807, 2.05) is 60.7 Å². The van der Waals surface area contributed by atoms with Crippen LogP contribution in [-0.4, -0.2) is 37.0 Å². The molecule has 3 aromatic carbocycles. The minimum atomic E-state index is -0.689. The topological polar surface area (TPSA) is 74.4 Å². The number of nitrogens with zero attached hydrogens (tertiary/aromatic N) is 1. The van der Waals surface area contributed by atoms with E-state index in [2.05, 4.69) is 22.4 Å². The first-order valence-corrected chi connectivity index (χ1v) is 12.5. The van der Waals surface area contributed by atoms with Crippen LogP contribution in [-0.2, 0) is 28.2 Å². The van der Waals surface area contributed by atoms with Crippen molar-refractivity contribution in [2.45, 2.75) is 29.7 Å². The van der Waals surface area contributed by atoms with E-state index in [0.717, 1.165) is 44.2 Å². The van der Waals surface area contributed by atoms with Crippen LogP contribution in [0.3, 0.4) is 0 Å². The lowest BCUT2D eigenvalue weighted by atomic mass is 10.0. The van der Waals surface area contributed by atoms with E-state index in [4.69, 9.17) is 4.74 Å². The van der Waals surface area contributed by atoms with Gasteiger partial charge in [-0.25, -0.2) is 0 Å². The molecule has 1 aromatic heterocycles. The third kappa shape index (κ3) is 4.91. The van der Waals surface area contributed by atoms with Gasteiger partial charge in [-0.3, -0.25) is 9.59 Å². The molecule has 6 nitrogen and oxygen atoms in total. The third-order valence-electron chi connectivity index (χ3n) is 6.35. The van der Waals surface area contributed by atoms with Crippen molar-refractivity contribution < 1.29 is 14.3 Å². The fourth-order valence-corrected chi connectivity index (χ4v) is 5.51. The van der Waals surface area contributed by atoms with Gasteiger partial charge in [-0.1, -0.05) is 42.5 Å². The van der Waals surface area contributed by atoms with Crippen molar-refractivity contribution in [2.24, 2.45) is 0 Å². The largest absolute Gasteiger partial charge is 0.497 e. The zero-order chi connectivity index (χ0) is 24.4. The number of H-pyrrole nitrogens is 1. The molecule has 1 aliphatic rings. The van der Waals surface area contributed by atoms with Gasteiger partial charge in [-0.05, 0) is 41.5 Å². The van der Waals surface area contributed by atoms with Gasteiger partial charge in [0.25, 0.3) is 0 Å². The average molecular weight is 486 g/mol. The summed E-state index contributed by atoms with van der Waals surface area (Å²) >= 11 is 1.70. The number of likely N-dealkylation sites (N-methyl/N-ethyl adjacent to an activating group) is 1. The second kappa shape index (κ2) is 9.88. The van der Waals surface area contributed by atoms with E-state index < -0.39 is 6.04 Å². The molecular formula is C28H27N3O3S. The van der Waals surface area contributed by atoms with Crippen molar-refractivity contribution in [2.75, 3.05) is 19.1 Å². The molecule has 0 aliphatic carbocycles. The summed E-state index contributed by atoms with van der Waals surface area (Å²) < 4.78 is 5.23. The van der Waals surface area contributed by atoms with Crippen molar-refractivity contribution in [3.05, 3.63) is 89.5 Å². The third-order valence-corrected chi connectivity index (χ3v) is 7.46. The average Bonchev–Trinajstić information content (AvgIpc) is 3.23. The monoisotopic (exact) mass is 485 g/mol. The number of methoxy groups -OCH3 is 1. The molecule has 178 valence electrons. The first-order valence-electron chi connectivity index (χ1n) is 11.5. The Morgan fingerprint density at radius 2 is 1.80 bits per heavy atom. The minimum Gasteiger partial charge on any atom is -0.497 e. The summed E-state index contributed by atoms with van der Waals surface area (Å²) in [6.07, 6.45) is 0.626. The first-order chi connectivity index (χ1) is 17.0. The molecule has 1 unspecified atom stereocenters. The predicted octanol–water partition coefficient (Wildman–Crippen LogP) is 4.72. The number of aromatic amines is 1. The van der Waals surface area contributed by atoms with E-state index in [1.165, 1.54) is 5.56 Å². The summed E-state index contributed by atoms with van der Waals surface area (Å²) in [5, 5.41) is 5.06. The molecular weight excluding hydrogens is 458 g/mol. The summed E-state index contributed by atoms with van der Waals surface area (Å²) in [6, 6.07) is 22.9. The molecule has 0 saturated heterocycles. The van der Waals surface area contributed by atoms with Crippen LogP contribution in [0.15, 0.2) is 77.8 Å². The summed E-state index contributed by atoms with van der Waals surface area (Å²) in [4.78, 5) is 31.9. The van der Waals surface area contributed by atoms with E-state index >= 15 is 0 Å².